The zero-order valence-electron chi connectivity index (χ0n) is 11.4. The maximum absolute atomic E-state index is 5.68. The quantitative estimate of drug-likeness (QED) is 0.601. The van der Waals surface area contributed by atoms with Gasteiger partial charge in [0.1, 0.15) is 12.2 Å². The van der Waals surface area contributed by atoms with Gasteiger partial charge in [0.15, 0.2) is 0 Å². The Hall–Kier alpha value is -1.79. The highest BCUT2D eigenvalue weighted by Gasteiger charge is 2.16. The van der Waals surface area contributed by atoms with Crippen molar-refractivity contribution in [2.75, 3.05) is 0 Å². The number of rotatable bonds is 6. The molecule has 0 aromatic carbocycles. The molecule has 0 radical (unpaired) electrons. The Morgan fingerprint density at radius 1 is 1.47 bits per heavy atom. The van der Waals surface area contributed by atoms with Crippen LogP contribution in [0.2, 0.25) is 0 Å². The molecule has 1 unspecified atom stereocenters. The minimum atomic E-state index is -0.00601. The molecule has 0 fully saturated rings. The second kappa shape index (κ2) is 6.40. The fraction of sp³-hybridized carbons (Fsp3) is 0.462. The van der Waals surface area contributed by atoms with E-state index in [1.54, 1.807) is 12.5 Å². The summed E-state index contributed by atoms with van der Waals surface area (Å²) in [7, 11) is 0. The van der Waals surface area contributed by atoms with E-state index in [2.05, 4.69) is 34.3 Å². The highest BCUT2D eigenvalue weighted by molar-refractivity contribution is 5.25. The van der Waals surface area contributed by atoms with Crippen molar-refractivity contribution in [1.82, 2.24) is 25.2 Å². The third kappa shape index (κ3) is 3.15. The predicted molar refractivity (Wildman–Crippen MR) is 73.1 cm³/mol. The molecule has 0 amide bonds. The number of nitrogens with two attached hydrogens (primary N) is 1. The summed E-state index contributed by atoms with van der Waals surface area (Å²) in [5.74, 6) is 6.62. The van der Waals surface area contributed by atoms with Gasteiger partial charge in [-0.25, -0.2) is 4.98 Å². The van der Waals surface area contributed by atoms with Crippen molar-refractivity contribution < 1.29 is 0 Å². The molecule has 0 spiro atoms. The van der Waals surface area contributed by atoms with Crippen molar-refractivity contribution in [2.24, 2.45) is 5.84 Å². The van der Waals surface area contributed by atoms with Crippen LogP contribution in [0.1, 0.15) is 36.3 Å². The lowest BCUT2D eigenvalue weighted by Gasteiger charge is -2.17. The first-order chi connectivity index (χ1) is 9.26. The maximum Gasteiger partial charge on any atom is 0.138 e. The second-order valence-corrected chi connectivity index (χ2v) is 4.56. The molecule has 0 saturated heterocycles. The molecule has 6 nitrogen and oxygen atoms in total. The van der Waals surface area contributed by atoms with Crippen LogP contribution in [0.5, 0.6) is 0 Å². The van der Waals surface area contributed by atoms with Crippen molar-refractivity contribution in [1.29, 1.82) is 0 Å². The number of aryl methyl sites for hydroxylation is 2. The van der Waals surface area contributed by atoms with Gasteiger partial charge in [0.2, 0.25) is 0 Å². The van der Waals surface area contributed by atoms with Gasteiger partial charge in [-0.3, -0.25) is 20.9 Å². The lowest BCUT2D eigenvalue weighted by Crippen LogP contribution is -2.31. The normalized spacial score (nSPS) is 12.6. The summed E-state index contributed by atoms with van der Waals surface area (Å²) in [5, 5.41) is 4.23. The fourth-order valence-electron chi connectivity index (χ4n) is 2.13. The van der Waals surface area contributed by atoms with Gasteiger partial charge < -0.3 is 0 Å². The average Bonchev–Trinajstić information content (AvgIpc) is 2.85. The van der Waals surface area contributed by atoms with Crippen LogP contribution in [0.3, 0.4) is 0 Å². The van der Waals surface area contributed by atoms with Crippen molar-refractivity contribution in [3.05, 3.63) is 41.7 Å². The van der Waals surface area contributed by atoms with Crippen LogP contribution in [0.4, 0.5) is 0 Å². The summed E-state index contributed by atoms with van der Waals surface area (Å²) in [4.78, 5) is 8.48. The number of hydrogen-bond acceptors (Lipinski definition) is 5. The number of aromatic nitrogens is 4. The fourth-order valence-corrected chi connectivity index (χ4v) is 2.13. The van der Waals surface area contributed by atoms with Gasteiger partial charge in [0.05, 0.1) is 6.04 Å². The maximum atomic E-state index is 5.68. The summed E-state index contributed by atoms with van der Waals surface area (Å²) < 4.78 is 1.93. The molecule has 6 heteroatoms. The van der Waals surface area contributed by atoms with Gasteiger partial charge in [-0.05, 0) is 30.5 Å². The standard InChI is InChI=1S/C13H20N6/c1-3-6-19-13(16-9-17-19)7-12(18-14)11-8-15-5-4-10(11)2/h4-5,8-9,12,18H,3,6-7,14H2,1-2H3. The predicted octanol–water partition coefficient (Wildman–Crippen LogP) is 1.14. The summed E-state index contributed by atoms with van der Waals surface area (Å²) >= 11 is 0. The molecule has 2 aromatic rings. The molecule has 2 aromatic heterocycles. The van der Waals surface area contributed by atoms with E-state index >= 15 is 0 Å². The lowest BCUT2D eigenvalue weighted by atomic mass is 10.0. The van der Waals surface area contributed by atoms with Gasteiger partial charge >= 0.3 is 0 Å². The Balaban J connectivity index is 2.19. The van der Waals surface area contributed by atoms with E-state index in [-0.39, 0.29) is 6.04 Å². The largest absolute Gasteiger partial charge is 0.271 e. The van der Waals surface area contributed by atoms with Crippen LogP contribution in [-0.4, -0.2) is 19.7 Å². The van der Waals surface area contributed by atoms with E-state index in [1.807, 2.05) is 16.9 Å². The Morgan fingerprint density at radius 2 is 2.32 bits per heavy atom. The summed E-state index contributed by atoms with van der Waals surface area (Å²) in [6.45, 7) is 5.05. The Kier molecular flexibility index (Phi) is 4.59. The smallest absolute Gasteiger partial charge is 0.138 e. The van der Waals surface area contributed by atoms with E-state index in [0.29, 0.717) is 6.42 Å². The molecule has 2 rings (SSSR count). The van der Waals surface area contributed by atoms with Crippen molar-refractivity contribution >= 4 is 0 Å². The Morgan fingerprint density at radius 3 is 3.00 bits per heavy atom. The Labute approximate surface area is 113 Å². The molecule has 0 aliphatic heterocycles. The molecule has 19 heavy (non-hydrogen) atoms. The highest BCUT2D eigenvalue weighted by atomic mass is 15.3. The zero-order chi connectivity index (χ0) is 13.7. The first-order valence-electron chi connectivity index (χ1n) is 6.49. The molecule has 0 aliphatic carbocycles. The van der Waals surface area contributed by atoms with Gasteiger partial charge in [0, 0.05) is 25.4 Å². The summed E-state index contributed by atoms with van der Waals surface area (Å²) in [5.41, 5.74) is 5.11. The number of nitrogens with one attached hydrogen (secondary N) is 1. The third-order valence-corrected chi connectivity index (χ3v) is 3.17. The van der Waals surface area contributed by atoms with Crippen LogP contribution in [0.15, 0.2) is 24.8 Å². The summed E-state index contributed by atoms with van der Waals surface area (Å²) in [6.07, 6.45) is 6.95. The number of pyridine rings is 1. The van der Waals surface area contributed by atoms with Gasteiger partial charge in [-0.1, -0.05) is 6.92 Å². The Bertz CT molecular complexity index is 521. The lowest BCUT2D eigenvalue weighted by molar-refractivity contribution is 0.497. The van der Waals surface area contributed by atoms with Crippen LogP contribution >= 0.6 is 0 Å². The first-order valence-corrected chi connectivity index (χ1v) is 6.49. The van der Waals surface area contributed by atoms with Gasteiger partial charge in [-0.2, -0.15) is 5.10 Å². The van der Waals surface area contributed by atoms with Crippen molar-refractivity contribution in [2.45, 2.75) is 39.3 Å². The molecule has 0 aliphatic rings. The average molecular weight is 260 g/mol. The van der Waals surface area contributed by atoms with Crippen LogP contribution in [0.25, 0.3) is 0 Å². The van der Waals surface area contributed by atoms with Gasteiger partial charge in [0.25, 0.3) is 0 Å². The molecule has 2 heterocycles. The summed E-state index contributed by atoms with van der Waals surface area (Å²) in [6, 6.07) is 1.98. The van der Waals surface area contributed by atoms with E-state index < -0.39 is 0 Å². The van der Waals surface area contributed by atoms with Gasteiger partial charge in [-0.15, -0.1) is 0 Å². The minimum absolute atomic E-state index is 0.00601. The number of nitrogens with zero attached hydrogens (tertiary/aromatic N) is 4. The molecule has 3 N–H and O–H groups in total. The topological polar surface area (TPSA) is 81.7 Å². The van der Waals surface area contributed by atoms with Crippen LogP contribution < -0.4 is 11.3 Å². The van der Waals surface area contributed by atoms with E-state index in [1.165, 1.54) is 5.56 Å². The SMILES string of the molecule is CCCn1ncnc1CC(NN)c1cnccc1C. The van der Waals surface area contributed by atoms with E-state index in [9.17, 15) is 0 Å². The molecule has 102 valence electrons. The molecule has 0 bridgehead atoms. The zero-order valence-corrected chi connectivity index (χ0v) is 11.4. The third-order valence-electron chi connectivity index (χ3n) is 3.17. The number of hydrazine groups is 1. The van der Waals surface area contributed by atoms with Crippen molar-refractivity contribution in [3.63, 3.8) is 0 Å². The highest BCUT2D eigenvalue weighted by Crippen LogP contribution is 2.19. The number of hydrogen-bond donors (Lipinski definition) is 2. The van der Waals surface area contributed by atoms with Crippen LogP contribution in [-0.2, 0) is 13.0 Å². The van der Waals surface area contributed by atoms with E-state index in [0.717, 1.165) is 24.4 Å². The van der Waals surface area contributed by atoms with Crippen LogP contribution in [0, 0.1) is 6.92 Å². The molecular formula is C13H20N6. The minimum Gasteiger partial charge on any atom is -0.271 e. The monoisotopic (exact) mass is 260 g/mol. The molecular weight excluding hydrogens is 240 g/mol. The first kappa shape index (κ1) is 13.6. The molecule has 1 atom stereocenters. The molecule has 0 saturated carbocycles. The van der Waals surface area contributed by atoms with E-state index in [4.69, 9.17) is 5.84 Å². The van der Waals surface area contributed by atoms with Crippen molar-refractivity contribution in [3.8, 4) is 0 Å². The second-order valence-electron chi connectivity index (χ2n) is 4.56.